The highest BCUT2D eigenvalue weighted by atomic mass is 19.1. The first kappa shape index (κ1) is 20.2. The number of halogens is 1. The van der Waals surface area contributed by atoms with Gasteiger partial charge < -0.3 is 14.8 Å². The molecule has 0 aliphatic carbocycles. The van der Waals surface area contributed by atoms with E-state index < -0.39 is 23.8 Å². The molecule has 0 spiro atoms. The number of benzene rings is 2. The molecule has 0 unspecified atom stereocenters. The lowest BCUT2D eigenvalue weighted by molar-refractivity contribution is -0.150. The molecule has 0 heterocycles. The molecule has 5 nitrogen and oxygen atoms in total. The smallest absolute Gasteiger partial charge is 0.331 e. The summed E-state index contributed by atoms with van der Waals surface area (Å²) in [5, 5.41) is 2.71. The third-order valence-electron chi connectivity index (χ3n) is 3.84. The Kier molecular flexibility index (Phi) is 7.11. The summed E-state index contributed by atoms with van der Waals surface area (Å²) in [4.78, 5) is 23.9. The van der Waals surface area contributed by atoms with Crippen LogP contribution in [0.5, 0.6) is 5.75 Å². The molecular formula is C21H22FNO4. The van der Waals surface area contributed by atoms with Gasteiger partial charge in [-0.15, -0.1) is 0 Å². The summed E-state index contributed by atoms with van der Waals surface area (Å²) in [6, 6.07) is 12.0. The highest BCUT2D eigenvalue weighted by molar-refractivity contribution is 5.90. The third kappa shape index (κ3) is 6.26. The fourth-order valence-electron chi connectivity index (χ4n) is 2.26. The number of esters is 1. The molecule has 6 heteroatoms. The van der Waals surface area contributed by atoms with Crippen LogP contribution >= 0.6 is 0 Å². The minimum absolute atomic E-state index is 0.119. The Hall–Kier alpha value is -3.15. The first-order chi connectivity index (χ1) is 12.9. The van der Waals surface area contributed by atoms with E-state index in [1.54, 1.807) is 6.07 Å². The van der Waals surface area contributed by atoms with Crippen LogP contribution in [0, 0.1) is 12.7 Å². The van der Waals surface area contributed by atoms with Crippen molar-refractivity contribution < 1.29 is 23.5 Å². The van der Waals surface area contributed by atoms with Crippen LogP contribution in [-0.2, 0) is 20.9 Å². The van der Waals surface area contributed by atoms with Crippen LogP contribution in [0.2, 0.25) is 0 Å². The number of rotatable bonds is 7. The Morgan fingerprint density at radius 3 is 2.52 bits per heavy atom. The predicted octanol–water partition coefficient (Wildman–Crippen LogP) is 3.40. The van der Waals surface area contributed by atoms with Crippen molar-refractivity contribution in [2.24, 2.45) is 0 Å². The van der Waals surface area contributed by atoms with E-state index in [0.29, 0.717) is 12.1 Å². The van der Waals surface area contributed by atoms with Crippen LogP contribution in [-0.4, -0.2) is 25.1 Å². The molecule has 0 radical (unpaired) electrons. The van der Waals surface area contributed by atoms with E-state index in [2.05, 4.69) is 5.32 Å². The maximum Gasteiger partial charge on any atom is 0.331 e. The predicted molar refractivity (Wildman–Crippen MR) is 101 cm³/mol. The first-order valence-corrected chi connectivity index (χ1v) is 8.44. The van der Waals surface area contributed by atoms with Gasteiger partial charge in [0.15, 0.2) is 17.7 Å². The zero-order chi connectivity index (χ0) is 19.8. The van der Waals surface area contributed by atoms with Crippen molar-refractivity contribution in [2.45, 2.75) is 26.5 Å². The lowest BCUT2D eigenvalue weighted by Gasteiger charge is -2.12. The first-order valence-electron chi connectivity index (χ1n) is 8.44. The van der Waals surface area contributed by atoms with Gasteiger partial charge >= 0.3 is 5.97 Å². The summed E-state index contributed by atoms with van der Waals surface area (Å²) in [5.74, 6) is -1.50. The van der Waals surface area contributed by atoms with Gasteiger partial charge in [-0.1, -0.05) is 35.9 Å². The van der Waals surface area contributed by atoms with Crippen molar-refractivity contribution in [3.8, 4) is 5.75 Å². The Morgan fingerprint density at radius 1 is 1.19 bits per heavy atom. The van der Waals surface area contributed by atoms with E-state index >= 15 is 0 Å². The molecule has 0 saturated carbocycles. The summed E-state index contributed by atoms with van der Waals surface area (Å²) in [7, 11) is 1.37. The number of carbonyl (C=O) groups is 2. The van der Waals surface area contributed by atoms with Crippen molar-refractivity contribution in [1.29, 1.82) is 0 Å². The molecule has 2 rings (SSSR count). The van der Waals surface area contributed by atoms with Gasteiger partial charge in [0.1, 0.15) is 0 Å². The maximum absolute atomic E-state index is 13.6. The maximum atomic E-state index is 13.6. The molecule has 1 amide bonds. The molecule has 27 heavy (non-hydrogen) atoms. The average Bonchev–Trinajstić information content (AvgIpc) is 2.65. The molecule has 0 bridgehead atoms. The van der Waals surface area contributed by atoms with Crippen molar-refractivity contribution in [2.75, 3.05) is 7.11 Å². The largest absolute Gasteiger partial charge is 0.494 e. The summed E-state index contributed by atoms with van der Waals surface area (Å²) in [5.41, 5.74) is 2.56. The van der Waals surface area contributed by atoms with Crippen molar-refractivity contribution in [3.63, 3.8) is 0 Å². The van der Waals surface area contributed by atoms with Crippen molar-refractivity contribution >= 4 is 18.0 Å². The molecule has 1 atom stereocenters. The van der Waals surface area contributed by atoms with E-state index in [0.717, 1.165) is 17.2 Å². The highest BCUT2D eigenvalue weighted by Gasteiger charge is 2.16. The Morgan fingerprint density at radius 2 is 1.89 bits per heavy atom. The van der Waals surface area contributed by atoms with E-state index in [-0.39, 0.29) is 5.75 Å². The SMILES string of the molecule is COc1ccc(/C=C/C(=O)O[C@@H](C)C(=O)NCc2ccc(C)cc2)cc1F. The number of carbonyl (C=O) groups excluding carboxylic acids is 2. The molecule has 1 N–H and O–H groups in total. The van der Waals surface area contributed by atoms with Crippen LogP contribution < -0.4 is 10.1 Å². The molecule has 0 aromatic heterocycles. The summed E-state index contributed by atoms with van der Waals surface area (Å²) < 4.78 is 23.5. The summed E-state index contributed by atoms with van der Waals surface area (Å²) in [6.07, 6.45) is 1.60. The lowest BCUT2D eigenvalue weighted by Crippen LogP contribution is -2.35. The monoisotopic (exact) mass is 371 g/mol. The molecular weight excluding hydrogens is 349 g/mol. The van der Waals surface area contributed by atoms with Gasteiger partial charge in [0, 0.05) is 12.6 Å². The number of hydrogen-bond donors (Lipinski definition) is 1. The normalized spacial score (nSPS) is 11.9. The number of amides is 1. The zero-order valence-corrected chi connectivity index (χ0v) is 15.5. The lowest BCUT2D eigenvalue weighted by atomic mass is 10.1. The quantitative estimate of drug-likeness (QED) is 0.598. The van der Waals surface area contributed by atoms with Gasteiger partial charge in [0.2, 0.25) is 0 Å². The van der Waals surface area contributed by atoms with Crippen molar-refractivity contribution in [1.82, 2.24) is 5.32 Å². The molecule has 0 saturated heterocycles. The molecule has 2 aromatic carbocycles. The van der Waals surface area contributed by atoms with E-state index in [1.807, 2.05) is 31.2 Å². The van der Waals surface area contributed by atoms with Crippen LogP contribution in [0.4, 0.5) is 4.39 Å². The number of ether oxygens (including phenoxy) is 2. The standard InChI is InChI=1S/C21H22FNO4/c1-14-4-6-17(7-5-14)13-23-21(25)15(2)27-20(24)11-9-16-8-10-19(26-3)18(22)12-16/h4-12,15H,13H2,1-3H3,(H,23,25)/b11-9+/t15-/m0/s1. The van der Waals surface area contributed by atoms with Crippen LogP contribution in [0.25, 0.3) is 6.08 Å². The summed E-state index contributed by atoms with van der Waals surface area (Å²) >= 11 is 0. The van der Waals surface area contributed by atoms with Crippen molar-refractivity contribution in [3.05, 3.63) is 71.0 Å². The number of methoxy groups -OCH3 is 1. The summed E-state index contributed by atoms with van der Waals surface area (Å²) in [6.45, 7) is 3.82. The fourth-order valence-corrected chi connectivity index (χ4v) is 2.26. The number of nitrogens with one attached hydrogen (secondary N) is 1. The second kappa shape index (κ2) is 9.52. The van der Waals surface area contributed by atoms with Crippen LogP contribution in [0.1, 0.15) is 23.6 Å². The highest BCUT2D eigenvalue weighted by Crippen LogP contribution is 2.18. The molecule has 0 aliphatic heterocycles. The Bertz CT molecular complexity index is 831. The third-order valence-corrected chi connectivity index (χ3v) is 3.84. The van der Waals surface area contributed by atoms with Gasteiger partial charge in [-0.2, -0.15) is 0 Å². The molecule has 0 aliphatic rings. The van der Waals surface area contributed by atoms with E-state index in [1.165, 1.54) is 32.2 Å². The zero-order valence-electron chi connectivity index (χ0n) is 15.5. The average molecular weight is 371 g/mol. The second-order valence-electron chi connectivity index (χ2n) is 6.01. The Labute approximate surface area is 157 Å². The van der Waals surface area contributed by atoms with Gasteiger partial charge in [0.05, 0.1) is 7.11 Å². The fraction of sp³-hybridized carbons (Fsp3) is 0.238. The van der Waals surface area contributed by atoms with E-state index in [4.69, 9.17) is 9.47 Å². The van der Waals surface area contributed by atoms with Gasteiger partial charge in [-0.3, -0.25) is 4.79 Å². The van der Waals surface area contributed by atoms with Gasteiger partial charge in [-0.25, -0.2) is 9.18 Å². The van der Waals surface area contributed by atoms with Crippen LogP contribution in [0.15, 0.2) is 48.5 Å². The van der Waals surface area contributed by atoms with Crippen LogP contribution in [0.3, 0.4) is 0 Å². The topological polar surface area (TPSA) is 64.6 Å². The van der Waals surface area contributed by atoms with Gasteiger partial charge in [0.25, 0.3) is 5.91 Å². The Balaban J connectivity index is 1.84. The number of hydrogen-bond acceptors (Lipinski definition) is 4. The number of aryl methyl sites for hydroxylation is 1. The van der Waals surface area contributed by atoms with E-state index in [9.17, 15) is 14.0 Å². The molecule has 2 aromatic rings. The molecule has 0 fully saturated rings. The second-order valence-corrected chi connectivity index (χ2v) is 6.01. The minimum Gasteiger partial charge on any atom is -0.494 e. The molecule has 142 valence electrons. The van der Waals surface area contributed by atoms with Gasteiger partial charge in [-0.05, 0) is 43.2 Å². The minimum atomic E-state index is -0.944.